The van der Waals surface area contributed by atoms with Crippen LogP contribution < -0.4 is 5.73 Å². The molecule has 3 nitrogen and oxygen atoms in total. The van der Waals surface area contributed by atoms with Crippen LogP contribution in [0, 0.1) is 6.92 Å². The average Bonchev–Trinajstić information content (AvgIpc) is 2.88. The maximum Gasteiger partial charge on any atom is 0.0643 e. The lowest BCUT2D eigenvalue weighted by atomic mass is 10.0. The van der Waals surface area contributed by atoms with Crippen LogP contribution >= 0.6 is 0 Å². The Balaban J connectivity index is 2.06. The molecule has 0 fully saturated rings. The lowest BCUT2D eigenvalue weighted by Crippen LogP contribution is -2.14. The lowest BCUT2D eigenvalue weighted by Gasteiger charge is -2.13. The maximum atomic E-state index is 6.30. The third-order valence-corrected chi connectivity index (χ3v) is 3.88. The zero-order valence-electron chi connectivity index (χ0n) is 12.7. The molecular formula is C17H25N3. The number of aromatic nitrogens is 2. The van der Waals surface area contributed by atoms with Gasteiger partial charge in [-0.15, -0.1) is 0 Å². The summed E-state index contributed by atoms with van der Waals surface area (Å²) in [6, 6.07) is 11.0. The smallest absolute Gasteiger partial charge is 0.0643 e. The molecule has 0 saturated heterocycles. The molecule has 0 aliphatic rings. The van der Waals surface area contributed by atoms with Crippen molar-refractivity contribution in [3.8, 4) is 0 Å². The van der Waals surface area contributed by atoms with Gasteiger partial charge in [-0.25, -0.2) is 0 Å². The van der Waals surface area contributed by atoms with Gasteiger partial charge in [0.1, 0.15) is 0 Å². The van der Waals surface area contributed by atoms with Crippen molar-refractivity contribution in [3.05, 3.63) is 53.3 Å². The third kappa shape index (κ3) is 3.48. The van der Waals surface area contributed by atoms with Crippen LogP contribution in [0.4, 0.5) is 0 Å². The van der Waals surface area contributed by atoms with Crippen molar-refractivity contribution in [2.45, 2.75) is 52.1 Å². The minimum atomic E-state index is 0.0138. The third-order valence-electron chi connectivity index (χ3n) is 3.88. The topological polar surface area (TPSA) is 43.8 Å². The van der Waals surface area contributed by atoms with E-state index in [1.807, 2.05) is 0 Å². The van der Waals surface area contributed by atoms with Crippen LogP contribution in [0.25, 0.3) is 0 Å². The number of nitrogens with zero attached hydrogens (tertiary/aromatic N) is 2. The molecule has 1 unspecified atom stereocenters. The molecule has 1 atom stereocenters. The van der Waals surface area contributed by atoms with Crippen LogP contribution in [0.2, 0.25) is 0 Å². The first kappa shape index (κ1) is 14.8. The lowest BCUT2D eigenvalue weighted by molar-refractivity contribution is 0.424. The van der Waals surface area contributed by atoms with Crippen molar-refractivity contribution >= 4 is 0 Å². The Morgan fingerprint density at radius 2 is 1.95 bits per heavy atom. The van der Waals surface area contributed by atoms with Crippen molar-refractivity contribution in [2.75, 3.05) is 0 Å². The van der Waals surface area contributed by atoms with E-state index in [-0.39, 0.29) is 6.04 Å². The van der Waals surface area contributed by atoms with E-state index in [1.54, 1.807) is 0 Å². The molecular weight excluding hydrogens is 246 g/mol. The summed E-state index contributed by atoms with van der Waals surface area (Å²) in [6.07, 6.45) is 5.09. The van der Waals surface area contributed by atoms with Gasteiger partial charge < -0.3 is 5.73 Å². The summed E-state index contributed by atoms with van der Waals surface area (Å²) >= 11 is 0. The SMILES string of the molecule is CCC(CC)n1ccc(CC(N)c2cccc(C)c2)n1. The second kappa shape index (κ2) is 6.71. The molecule has 1 heterocycles. The quantitative estimate of drug-likeness (QED) is 0.868. The first-order chi connectivity index (χ1) is 9.63. The molecule has 0 bridgehead atoms. The van der Waals surface area contributed by atoms with Crippen LogP contribution in [-0.2, 0) is 6.42 Å². The van der Waals surface area contributed by atoms with E-state index in [4.69, 9.17) is 5.73 Å². The minimum absolute atomic E-state index is 0.0138. The van der Waals surface area contributed by atoms with Crippen molar-refractivity contribution in [1.29, 1.82) is 0 Å². The van der Waals surface area contributed by atoms with Gasteiger partial charge >= 0.3 is 0 Å². The van der Waals surface area contributed by atoms with Crippen LogP contribution in [-0.4, -0.2) is 9.78 Å². The van der Waals surface area contributed by atoms with Crippen molar-refractivity contribution in [1.82, 2.24) is 9.78 Å². The van der Waals surface area contributed by atoms with E-state index < -0.39 is 0 Å². The zero-order chi connectivity index (χ0) is 14.5. The number of rotatable bonds is 6. The van der Waals surface area contributed by atoms with Crippen LogP contribution in [0.3, 0.4) is 0 Å². The summed E-state index contributed by atoms with van der Waals surface area (Å²) in [5.74, 6) is 0. The van der Waals surface area contributed by atoms with Gasteiger partial charge in [0.05, 0.1) is 11.7 Å². The Labute approximate surface area is 121 Å². The average molecular weight is 271 g/mol. The predicted molar refractivity (Wildman–Crippen MR) is 83.7 cm³/mol. The molecule has 0 aliphatic carbocycles. The Kier molecular flexibility index (Phi) is 4.96. The summed E-state index contributed by atoms with van der Waals surface area (Å²) in [6.45, 7) is 6.50. The highest BCUT2D eigenvalue weighted by molar-refractivity contribution is 5.25. The van der Waals surface area contributed by atoms with Gasteiger partial charge in [0, 0.05) is 18.7 Å². The zero-order valence-corrected chi connectivity index (χ0v) is 12.7. The van der Waals surface area contributed by atoms with Gasteiger partial charge in [-0.3, -0.25) is 4.68 Å². The van der Waals surface area contributed by atoms with Gasteiger partial charge in [0.25, 0.3) is 0 Å². The van der Waals surface area contributed by atoms with Gasteiger partial charge in [0.15, 0.2) is 0 Å². The van der Waals surface area contributed by atoms with Crippen LogP contribution in [0.5, 0.6) is 0 Å². The normalized spacial score (nSPS) is 12.8. The second-order valence-electron chi connectivity index (χ2n) is 5.48. The standard InChI is InChI=1S/C17H25N3/c1-4-16(5-2)20-10-9-15(19-20)12-17(18)14-8-6-7-13(3)11-14/h6-11,16-17H,4-5,12,18H2,1-3H3. The molecule has 1 aromatic heterocycles. The fraction of sp³-hybridized carbons (Fsp3) is 0.471. The summed E-state index contributed by atoms with van der Waals surface area (Å²) in [5.41, 5.74) is 9.80. The maximum absolute atomic E-state index is 6.30. The highest BCUT2D eigenvalue weighted by atomic mass is 15.3. The summed E-state index contributed by atoms with van der Waals surface area (Å²) in [4.78, 5) is 0. The number of hydrogen-bond donors (Lipinski definition) is 1. The molecule has 0 amide bonds. The summed E-state index contributed by atoms with van der Waals surface area (Å²) in [5, 5.41) is 4.68. The molecule has 1 aromatic carbocycles. The molecule has 2 rings (SSSR count). The van der Waals surface area contributed by atoms with E-state index >= 15 is 0 Å². The van der Waals surface area contributed by atoms with Gasteiger partial charge in [-0.1, -0.05) is 43.7 Å². The Hall–Kier alpha value is -1.61. The van der Waals surface area contributed by atoms with E-state index in [1.165, 1.54) is 11.1 Å². The number of benzene rings is 1. The van der Waals surface area contributed by atoms with Crippen molar-refractivity contribution in [2.24, 2.45) is 5.73 Å². The molecule has 108 valence electrons. The fourth-order valence-electron chi connectivity index (χ4n) is 2.60. The van der Waals surface area contributed by atoms with Crippen LogP contribution in [0.15, 0.2) is 36.5 Å². The van der Waals surface area contributed by atoms with Crippen molar-refractivity contribution < 1.29 is 0 Å². The molecule has 0 radical (unpaired) electrons. The van der Waals surface area contributed by atoms with E-state index in [9.17, 15) is 0 Å². The molecule has 0 aliphatic heterocycles. The molecule has 3 heteroatoms. The summed E-state index contributed by atoms with van der Waals surface area (Å²) in [7, 11) is 0. The second-order valence-corrected chi connectivity index (χ2v) is 5.48. The highest BCUT2D eigenvalue weighted by Gasteiger charge is 2.12. The number of hydrogen-bond acceptors (Lipinski definition) is 2. The van der Waals surface area contributed by atoms with E-state index in [0.717, 1.165) is 25.0 Å². The molecule has 2 N–H and O–H groups in total. The van der Waals surface area contributed by atoms with Gasteiger partial charge in [-0.05, 0) is 31.4 Å². The Morgan fingerprint density at radius 3 is 2.60 bits per heavy atom. The first-order valence-corrected chi connectivity index (χ1v) is 7.50. The van der Waals surface area contributed by atoms with Gasteiger partial charge in [0.2, 0.25) is 0 Å². The number of aryl methyl sites for hydroxylation is 1. The predicted octanol–water partition coefficient (Wildman–Crippen LogP) is 3.80. The Morgan fingerprint density at radius 1 is 1.20 bits per heavy atom. The molecule has 0 saturated carbocycles. The van der Waals surface area contributed by atoms with Gasteiger partial charge in [-0.2, -0.15) is 5.10 Å². The minimum Gasteiger partial charge on any atom is -0.324 e. The molecule has 2 aromatic rings. The highest BCUT2D eigenvalue weighted by Crippen LogP contribution is 2.19. The first-order valence-electron chi connectivity index (χ1n) is 7.50. The van der Waals surface area contributed by atoms with E-state index in [2.05, 4.69) is 67.1 Å². The molecule has 0 spiro atoms. The Bertz CT molecular complexity index is 541. The summed E-state index contributed by atoms with van der Waals surface area (Å²) < 4.78 is 2.08. The largest absolute Gasteiger partial charge is 0.324 e. The fourth-order valence-corrected chi connectivity index (χ4v) is 2.60. The molecule has 20 heavy (non-hydrogen) atoms. The van der Waals surface area contributed by atoms with E-state index in [0.29, 0.717) is 6.04 Å². The number of nitrogens with two attached hydrogens (primary N) is 1. The van der Waals surface area contributed by atoms with Crippen molar-refractivity contribution in [3.63, 3.8) is 0 Å². The van der Waals surface area contributed by atoms with Crippen LogP contribution in [0.1, 0.15) is 55.6 Å². The monoisotopic (exact) mass is 271 g/mol.